The highest BCUT2D eigenvalue weighted by molar-refractivity contribution is 5.95. The lowest BCUT2D eigenvalue weighted by Crippen LogP contribution is -2.17. The molecule has 0 atom stereocenters. The summed E-state index contributed by atoms with van der Waals surface area (Å²) in [4.78, 5) is 25.2. The van der Waals surface area contributed by atoms with Crippen molar-refractivity contribution in [1.82, 2.24) is 10.4 Å². The van der Waals surface area contributed by atoms with Crippen LogP contribution in [-0.4, -0.2) is 22.0 Å². The van der Waals surface area contributed by atoms with Crippen LogP contribution >= 0.6 is 0 Å². The van der Waals surface area contributed by atoms with Gasteiger partial charge in [-0.25, -0.2) is 5.43 Å². The minimum atomic E-state index is -0.979. The van der Waals surface area contributed by atoms with Crippen LogP contribution in [0.5, 0.6) is 11.5 Å². The van der Waals surface area contributed by atoms with Gasteiger partial charge < -0.3 is 10.2 Å². The minimum Gasteiger partial charge on any atom is -0.872 e. The number of nitrogens with zero attached hydrogens (tertiary/aromatic N) is 3. The number of rotatable bonds is 4. The molecule has 2 aromatic rings. The maximum absolute atomic E-state index is 11.7. The van der Waals surface area contributed by atoms with Gasteiger partial charge in [0.15, 0.2) is 0 Å². The Morgan fingerprint density at radius 2 is 1.91 bits per heavy atom. The Hall–Kier alpha value is -3.49. The number of hydrazone groups is 1. The number of carbonyl (C=O) groups is 1. The predicted octanol–water partition coefficient (Wildman–Crippen LogP) is -0.0991. The van der Waals surface area contributed by atoms with Gasteiger partial charge in [-0.2, -0.15) is 5.10 Å². The monoisotopic (exact) mass is 300 g/mol. The third-order valence-electron chi connectivity index (χ3n) is 2.60. The molecule has 9 nitrogen and oxygen atoms in total. The Labute approximate surface area is 123 Å². The van der Waals surface area contributed by atoms with Crippen molar-refractivity contribution in [3.05, 3.63) is 57.9 Å². The van der Waals surface area contributed by atoms with Gasteiger partial charge in [-0.05, 0) is 23.4 Å². The first kappa shape index (κ1) is 14.9. The largest absolute Gasteiger partial charge is 0.872 e. The summed E-state index contributed by atoms with van der Waals surface area (Å²) in [6.45, 7) is 0. The molecule has 1 aromatic heterocycles. The van der Waals surface area contributed by atoms with Gasteiger partial charge in [0.25, 0.3) is 11.6 Å². The zero-order chi connectivity index (χ0) is 16.1. The molecule has 9 heteroatoms. The molecule has 112 valence electrons. The maximum atomic E-state index is 11.7. The predicted molar refractivity (Wildman–Crippen MR) is 71.3 cm³/mol. The van der Waals surface area contributed by atoms with Crippen LogP contribution in [0.4, 0.5) is 5.69 Å². The van der Waals surface area contributed by atoms with Gasteiger partial charge in [-0.3, -0.25) is 19.9 Å². The second-order valence-electron chi connectivity index (χ2n) is 4.05. The quantitative estimate of drug-likeness (QED) is 0.474. The van der Waals surface area contributed by atoms with E-state index in [0.717, 1.165) is 12.3 Å². The third-order valence-corrected chi connectivity index (χ3v) is 2.60. The van der Waals surface area contributed by atoms with Gasteiger partial charge in [0.05, 0.1) is 11.1 Å². The van der Waals surface area contributed by atoms with Gasteiger partial charge in [0.2, 0.25) is 0 Å². The average Bonchev–Trinajstić information content (AvgIpc) is 2.49. The molecular formula is C13H8N4O5-2. The molecule has 0 spiro atoms. The molecule has 22 heavy (non-hydrogen) atoms. The van der Waals surface area contributed by atoms with Crippen molar-refractivity contribution in [2.45, 2.75) is 0 Å². The van der Waals surface area contributed by atoms with Crippen molar-refractivity contribution in [3.63, 3.8) is 0 Å². The Balaban J connectivity index is 2.15. The molecular weight excluding hydrogens is 292 g/mol. The number of pyridine rings is 1. The fourth-order valence-corrected chi connectivity index (χ4v) is 1.54. The SMILES string of the molecule is O=C(N/N=C\c1cc([N+](=O)[O-])c([O-])cc1[O-])c1ccncc1. The van der Waals surface area contributed by atoms with E-state index in [0.29, 0.717) is 11.6 Å². The first-order valence-electron chi connectivity index (χ1n) is 5.89. The van der Waals surface area contributed by atoms with E-state index in [2.05, 4.69) is 15.5 Å². The maximum Gasteiger partial charge on any atom is 0.271 e. The molecule has 0 unspecified atom stereocenters. The van der Waals surface area contributed by atoms with Crippen LogP contribution < -0.4 is 15.6 Å². The van der Waals surface area contributed by atoms with E-state index in [4.69, 9.17) is 0 Å². The Kier molecular flexibility index (Phi) is 4.27. The van der Waals surface area contributed by atoms with Crippen LogP contribution in [0.3, 0.4) is 0 Å². The number of nitro groups is 1. The highest BCUT2D eigenvalue weighted by Crippen LogP contribution is 2.28. The molecule has 1 amide bonds. The third kappa shape index (κ3) is 3.33. The Bertz CT molecular complexity index is 746. The second kappa shape index (κ2) is 6.31. The number of hydrogen-bond donors (Lipinski definition) is 1. The summed E-state index contributed by atoms with van der Waals surface area (Å²) in [5, 5.41) is 36.9. The van der Waals surface area contributed by atoms with Crippen molar-refractivity contribution in [1.29, 1.82) is 0 Å². The lowest BCUT2D eigenvalue weighted by atomic mass is 10.2. The van der Waals surface area contributed by atoms with Crippen molar-refractivity contribution >= 4 is 17.8 Å². The summed E-state index contributed by atoms with van der Waals surface area (Å²) < 4.78 is 0. The van der Waals surface area contributed by atoms with Crippen molar-refractivity contribution in [2.24, 2.45) is 5.10 Å². The fourth-order valence-electron chi connectivity index (χ4n) is 1.54. The first-order chi connectivity index (χ1) is 10.5. The number of amides is 1. The van der Waals surface area contributed by atoms with Crippen molar-refractivity contribution in [3.8, 4) is 11.5 Å². The molecule has 0 radical (unpaired) electrons. The first-order valence-corrected chi connectivity index (χ1v) is 5.89. The van der Waals surface area contributed by atoms with Crippen LogP contribution in [0.1, 0.15) is 15.9 Å². The zero-order valence-corrected chi connectivity index (χ0v) is 10.9. The van der Waals surface area contributed by atoms with Gasteiger partial charge in [0.1, 0.15) is 0 Å². The van der Waals surface area contributed by atoms with E-state index in [1.165, 1.54) is 24.5 Å². The smallest absolute Gasteiger partial charge is 0.271 e. The van der Waals surface area contributed by atoms with Gasteiger partial charge in [-0.15, -0.1) is 5.75 Å². The van der Waals surface area contributed by atoms with E-state index in [1.54, 1.807) is 0 Å². The number of nitrogens with one attached hydrogen (secondary N) is 1. The van der Waals surface area contributed by atoms with Crippen LogP contribution in [0.2, 0.25) is 0 Å². The fraction of sp³-hybridized carbons (Fsp3) is 0. The minimum absolute atomic E-state index is 0.179. The van der Waals surface area contributed by atoms with Crippen LogP contribution in [0.25, 0.3) is 0 Å². The molecule has 0 fully saturated rings. The summed E-state index contributed by atoms with van der Waals surface area (Å²) in [6.07, 6.45) is 3.78. The lowest BCUT2D eigenvalue weighted by molar-refractivity contribution is -0.398. The van der Waals surface area contributed by atoms with Gasteiger partial charge >= 0.3 is 0 Å². The molecule has 0 saturated heterocycles. The van der Waals surface area contributed by atoms with Gasteiger partial charge in [-0.1, -0.05) is 6.07 Å². The van der Waals surface area contributed by atoms with Gasteiger partial charge in [0, 0.05) is 24.0 Å². The molecule has 1 aromatic carbocycles. The summed E-state index contributed by atoms with van der Waals surface area (Å²) in [5.74, 6) is -2.24. The van der Waals surface area contributed by atoms with E-state index in [-0.39, 0.29) is 5.56 Å². The molecule has 0 aliphatic heterocycles. The van der Waals surface area contributed by atoms with E-state index >= 15 is 0 Å². The number of aromatic nitrogens is 1. The average molecular weight is 300 g/mol. The van der Waals surface area contributed by atoms with Crippen molar-refractivity contribution in [2.75, 3.05) is 0 Å². The number of hydrogen-bond acceptors (Lipinski definition) is 7. The molecule has 1 heterocycles. The highest BCUT2D eigenvalue weighted by Gasteiger charge is 2.08. The molecule has 0 aliphatic rings. The van der Waals surface area contributed by atoms with Crippen LogP contribution in [0, 0.1) is 10.1 Å². The Morgan fingerprint density at radius 3 is 2.55 bits per heavy atom. The highest BCUT2D eigenvalue weighted by atomic mass is 16.6. The summed E-state index contributed by atoms with van der Waals surface area (Å²) in [6, 6.07) is 4.33. The van der Waals surface area contributed by atoms with E-state index in [9.17, 15) is 25.1 Å². The summed E-state index contributed by atoms with van der Waals surface area (Å²) in [5.41, 5.74) is 1.54. The lowest BCUT2D eigenvalue weighted by Gasteiger charge is -2.15. The summed E-state index contributed by atoms with van der Waals surface area (Å²) >= 11 is 0. The summed E-state index contributed by atoms with van der Waals surface area (Å²) in [7, 11) is 0. The molecule has 0 saturated carbocycles. The normalized spacial score (nSPS) is 10.5. The topological polar surface area (TPSA) is 144 Å². The van der Waals surface area contributed by atoms with Crippen LogP contribution in [0.15, 0.2) is 41.8 Å². The Morgan fingerprint density at radius 1 is 1.23 bits per heavy atom. The number of nitro benzene ring substituents is 1. The second-order valence-corrected chi connectivity index (χ2v) is 4.05. The molecule has 2 rings (SSSR count). The van der Waals surface area contributed by atoms with Crippen molar-refractivity contribution < 1.29 is 19.9 Å². The van der Waals surface area contributed by atoms with Crippen LogP contribution in [-0.2, 0) is 0 Å². The number of carbonyl (C=O) groups excluding carboxylic acids is 1. The molecule has 0 bridgehead atoms. The molecule has 0 aliphatic carbocycles. The standard InChI is InChI=1S/C13H10N4O5/c18-11-6-12(19)10(17(21)22)5-9(11)7-15-16-13(20)8-1-3-14-4-2-8/h1-7,18-19H,(H,16,20)/p-2/b15-7-. The van der Waals surface area contributed by atoms with E-state index < -0.39 is 28.0 Å². The van der Waals surface area contributed by atoms with E-state index in [1.807, 2.05) is 0 Å². The zero-order valence-electron chi connectivity index (χ0n) is 10.9. The number of benzene rings is 1. The molecule has 1 N–H and O–H groups in total.